The summed E-state index contributed by atoms with van der Waals surface area (Å²) in [6.45, 7) is 2.96. The summed E-state index contributed by atoms with van der Waals surface area (Å²) in [6.07, 6.45) is 3.78. The van der Waals surface area contributed by atoms with Gasteiger partial charge in [0.2, 0.25) is 11.7 Å². The molecule has 1 saturated carbocycles. The topological polar surface area (TPSA) is 95.4 Å². The Morgan fingerprint density at radius 2 is 1.96 bits per heavy atom. The summed E-state index contributed by atoms with van der Waals surface area (Å²) in [5.74, 6) is 6.02. The van der Waals surface area contributed by atoms with Crippen LogP contribution in [0.5, 0.6) is 0 Å². The van der Waals surface area contributed by atoms with Gasteiger partial charge in [-0.3, -0.25) is 4.79 Å². The summed E-state index contributed by atoms with van der Waals surface area (Å²) >= 11 is 0. The van der Waals surface area contributed by atoms with Crippen LogP contribution in [0.4, 0.5) is 5.82 Å². The molecule has 126 valence electrons. The Kier molecular flexibility index (Phi) is 4.65. The number of amides is 1. The van der Waals surface area contributed by atoms with Gasteiger partial charge in [0.1, 0.15) is 5.82 Å². The van der Waals surface area contributed by atoms with Gasteiger partial charge < -0.3 is 15.3 Å². The van der Waals surface area contributed by atoms with Crippen molar-refractivity contribution in [1.29, 1.82) is 0 Å². The average molecular weight is 328 g/mol. The van der Waals surface area contributed by atoms with Gasteiger partial charge in [0.05, 0.1) is 0 Å². The molecule has 0 aromatic carbocycles. The first-order valence-corrected chi connectivity index (χ1v) is 8.17. The minimum absolute atomic E-state index is 0.0613. The maximum absolute atomic E-state index is 11.4. The molecule has 0 spiro atoms. The molecule has 2 heterocycles. The van der Waals surface area contributed by atoms with Crippen molar-refractivity contribution in [3.05, 3.63) is 17.6 Å². The first-order valence-electron chi connectivity index (χ1n) is 8.17. The molecule has 7 nitrogen and oxygen atoms in total. The molecule has 1 aromatic heterocycles. The molecule has 2 aliphatic rings. The van der Waals surface area contributed by atoms with E-state index in [4.69, 9.17) is 0 Å². The molecule has 2 N–H and O–H groups in total. The Labute approximate surface area is 140 Å². The molecule has 1 amide bonds. The molecule has 0 atom stereocenters. The van der Waals surface area contributed by atoms with E-state index >= 15 is 0 Å². The monoisotopic (exact) mass is 328 g/mol. The highest BCUT2D eigenvalue weighted by Crippen LogP contribution is 2.27. The fourth-order valence-corrected chi connectivity index (χ4v) is 2.63. The molecule has 0 radical (unpaired) electrons. The normalized spacial score (nSPS) is 17.8. The molecule has 2 fully saturated rings. The zero-order valence-electron chi connectivity index (χ0n) is 13.6. The van der Waals surface area contributed by atoms with Crippen molar-refractivity contribution in [2.24, 2.45) is 5.92 Å². The number of aromatic nitrogens is 2. The average Bonchev–Trinajstić information content (AvgIpc) is 3.37. The second-order valence-corrected chi connectivity index (χ2v) is 6.24. The van der Waals surface area contributed by atoms with Gasteiger partial charge in [0.15, 0.2) is 5.69 Å². The number of anilines is 1. The molecule has 1 aliphatic heterocycles. The smallest absolute Gasteiger partial charge is 0.354 e. The van der Waals surface area contributed by atoms with E-state index in [2.05, 4.69) is 27.1 Å². The van der Waals surface area contributed by atoms with E-state index in [0.29, 0.717) is 24.8 Å². The van der Waals surface area contributed by atoms with Gasteiger partial charge in [-0.1, -0.05) is 5.92 Å². The van der Waals surface area contributed by atoms with Crippen LogP contribution in [0, 0.1) is 17.8 Å². The van der Waals surface area contributed by atoms with E-state index in [9.17, 15) is 14.7 Å². The quantitative estimate of drug-likeness (QED) is 0.814. The van der Waals surface area contributed by atoms with Crippen LogP contribution in [-0.4, -0.2) is 51.0 Å². The van der Waals surface area contributed by atoms with Crippen LogP contribution in [0.1, 0.15) is 48.9 Å². The molecule has 0 unspecified atom stereocenters. The van der Waals surface area contributed by atoms with Crippen molar-refractivity contribution in [3.63, 3.8) is 0 Å². The number of carbonyl (C=O) groups excluding carboxylic acids is 1. The summed E-state index contributed by atoms with van der Waals surface area (Å²) in [5.41, 5.74) is -0.0613. The van der Waals surface area contributed by atoms with Crippen molar-refractivity contribution in [3.8, 4) is 11.8 Å². The van der Waals surface area contributed by atoms with E-state index in [1.54, 1.807) is 6.92 Å². The third-order valence-electron chi connectivity index (χ3n) is 4.20. The van der Waals surface area contributed by atoms with Crippen molar-refractivity contribution in [2.75, 3.05) is 18.4 Å². The maximum atomic E-state index is 11.4. The summed E-state index contributed by atoms with van der Waals surface area (Å²) in [5, 5.41) is 12.5. The number of nitrogens with zero attached hydrogens (tertiary/aromatic N) is 3. The Morgan fingerprint density at radius 3 is 2.54 bits per heavy atom. The third-order valence-corrected chi connectivity index (χ3v) is 4.20. The Morgan fingerprint density at radius 1 is 1.25 bits per heavy atom. The largest absolute Gasteiger partial charge is 0.477 e. The number of rotatable bonds is 3. The highest BCUT2D eigenvalue weighted by atomic mass is 16.4. The Hall–Kier alpha value is -2.62. The predicted octanol–water partition coefficient (Wildman–Crippen LogP) is 1.36. The van der Waals surface area contributed by atoms with Crippen molar-refractivity contribution >= 4 is 17.7 Å². The zero-order chi connectivity index (χ0) is 17.1. The van der Waals surface area contributed by atoms with Crippen LogP contribution >= 0.6 is 0 Å². The fourth-order valence-electron chi connectivity index (χ4n) is 2.63. The van der Waals surface area contributed by atoms with Crippen LogP contribution in [0.25, 0.3) is 0 Å². The zero-order valence-corrected chi connectivity index (χ0v) is 13.6. The first-order chi connectivity index (χ1) is 11.5. The summed E-state index contributed by atoms with van der Waals surface area (Å²) in [4.78, 5) is 32.7. The van der Waals surface area contributed by atoms with Crippen molar-refractivity contribution in [1.82, 2.24) is 14.9 Å². The standard InChI is InChI=1S/C17H20N4O3/c1-11(22)21-8-6-13(7-9-21)18-16-10-14(17(23)24)19-15(20-16)5-4-12-2-3-12/h10,12-13H,2-3,6-9H2,1H3,(H,23,24)(H,18,19,20). The molecule has 1 aromatic rings. The van der Waals surface area contributed by atoms with E-state index in [-0.39, 0.29) is 23.5 Å². The number of piperidine rings is 1. The first kappa shape index (κ1) is 16.2. The number of hydrogen-bond acceptors (Lipinski definition) is 5. The molecular formula is C17H20N4O3. The van der Waals surface area contributed by atoms with E-state index in [0.717, 1.165) is 25.7 Å². The lowest BCUT2D eigenvalue weighted by Gasteiger charge is -2.31. The van der Waals surface area contributed by atoms with E-state index in [1.807, 2.05) is 4.90 Å². The Balaban J connectivity index is 1.71. The summed E-state index contributed by atoms with van der Waals surface area (Å²) in [7, 11) is 0. The number of carboxylic acid groups (broad SMARTS) is 1. The highest BCUT2D eigenvalue weighted by molar-refractivity contribution is 5.86. The Bertz CT molecular complexity index is 710. The highest BCUT2D eigenvalue weighted by Gasteiger charge is 2.22. The minimum Gasteiger partial charge on any atom is -0.477 e. The van der Waals surface area contributed by atoms with Gasteiger partial charge in [0, 0.05) is 38.0 Å². The van der Waals surface area contributed by atoms with Gasteiger partial charge >= 0.3 is 5.97 Å². The van der Waals surface area contributed by atoms with Crippen molar-refractivity contribution < 1.29 is 14.7 Å². The summed E-state index contributed by atoms with van der Waals surface area (Å²) < 4.78 is 0. The molecule has 1 saturated heterocycles. The number of carboxylic acids is 1. The molecule has 7 heteroatoms. The van der Waals surface area contributed by atoms with Crippen LogP contribution in [-0.2, 0) is 4.79 Å². The molecule has 1 aliphatic carbocycles. The van der Waals surface area contributed by atoms with Crippen LogP contribution < -0.4 is 5.32 Å². The van der Waals surface area contributed by atoms with Crippen LogP contribution in [0.2, 0.25) is 0 Å². The lowest BCUT2D eigenvalue weighted by molar-refractivity contribution is -0.129. The second kappa shape index (κ2) is 6.87. The number of nitrogens with one attached hydrogen (secondary N) is 1. The van der Waals surface area contributed by atoms with Gasteiger partial charge in [-0.05, 0) is 31.6 Å². The van der Waals surface area contributed by atoms with Crippen LogP contribution in [0.3, 0.4) is 0 Å². The molecule has 3 rings (SSSR count). The van der Waals surface area contributed by atoms with Gasteiger partial charge in [0.25, 0.3) is 0 Å². The predicted molar refractivity (Wildman–Crippen MR) is 87.5 cm³/mol. The molecule has 24 heavy (non-hydrogen) atoms. The van der Waals surface area contributed by atoms with Gasteiger partial charge in [-0.25, -0.2) is 14.8 Å². The van der Waals surface area contributed by atoms with E-state index < -0.39 is 5.97 Å². The van der Waals surface area contributed by atoms with Crippen molar-refractivity contribution in [2.45, 2.75) is 38.6 Å². The lowest BCUT2D eigenvalue weighted by atomic mass is 10.1. The second-order valence-electron chi connectivity index (χ2n) is 6.24. The van der Waals surface area contributed by atoms with Gasteiger partial charge in [-0.2, -0.15) is 0 Å². The van der Waals surface area contributed by atoms with E-state index in [1.165, 1.54) is 6.07 Å². The molecular weight excluding hydrogens is 308 g/mol. The number of carbonyl (C=O) groups is 2. The number of hydrogen-bond donors (Lipinski definition) is 2. The molecule has 0 bridgehead atoms. The van der Waals surface area contributed by atoms with Gasteiger partial charge in [-0.15, -0.1) is 0 Å². The summed E-state index contributed by atoms with van der Waals surface area (Å²) in [6, 6.07) is 1.59. The minimum atomic E-state index is -1.10. The SMILES string of the molecule is CC(=O)N1CCC(Nc2cc(C(=O)O)nc(C#CC3CC3)n2)CC1. The number of likely N-dealkylation sites (tertiary alicyclic amines) is 1. The lowest BCUT2D eigenvalue weighted by Crippen LogP contribution is -2.41. The maximum Gasteiger partial charge on any atom is 0.354 e. The van der Waals surface area contributed by atoms with Crippen LogP contribution in [0.15, 0.2) is 6.07 Å². The number of aromatic carboxylic acids is 1. The third kappa shape index (κ3) is 4.22. The fraction of sp³-hybridized carbons (Fsp3) is 0.529.